The van der Waals surface area contributed by atoms with Gasteiger partial charge in [0, 0.05) is 21.7 Å². The molecule has 0 bridgehead atoms. The van der Waals surface area contributed by atoms with Crippen LogP contribution in [0.3, 0.4) is 0 Å². The molecule has 0 aliphatic carbocycles. The van der Waals surface area contributed by atoms with Crippen LogP contribution in [0.1, 0.15) is 0 Å². The molecule has 3 aromatic rings. The summed E-state index contributed by atoms with van der Waals surface area (Å²) in [5.41, 5.74) is 1.63. The molecule has 2 aromatic carbocycles. The minimum atomic E-state index is -0.482. The Kier molecular flexibility index (Phi) is 4.32. The van der Waals surface area contributed by atoms with Crippen LogP contribution in [0.15, 0.2) is 48.5 Å². The Balaban J connectivity index is 2.20. The summed E-state index contributed by atoms with van der Waals surface area (Å²) < 4.78 is 19.9. The molecule has 0 N–H and O–H groups in total. The topological polar surface area (TPSA) is 44.1 Å². The molecular weight excluding hydrogens is 342 g/mol. The molecule has 0 unspecified atom stereocenters. The maximum atomic E-state index is 13.6. The number of carbonyl (C=O) groups is 1. The fourth-order valence-corrected chi connectivity index (χ4v) is 2.58. The van der Waals surface area contributed by atoms with E-state index >= 15 is 0 Å². The Morgan fingerprint density at radius 1 is 1.09 bits per heavy atom. The van der Waals surface area contributed by atoms with Gasteiger partial charge in [-0.05, 0) is 36.4 Å². The van der Waals surface area contributed by atoms with Crippen LogP contribution in [0.5, 0.6) is 5.88 Å². The van der Waals surface area contributed by atoms with Crippen LogP contribution in [0.2, 0.25) is 10.0 Å². The smallest absolute Gasteiger partial charge is 0.299 e. The van der Waals surface area contributed by atoms with Gasteiger partial charge < -0.3 is 4.74 Å². The zero-order valence-electron chi connectivity index (χ0n) is 11.5. The molecule has 0 amide bonds. The van der Waals surface area contributed by atoms with Crippen LogP contribution < -0.4 is 4.74 Å². The number of aromatic nitrogens is 2. The van der Waals surface area contributed by atoms with E-state index in [4.69, 9.17) is 27.9 Å². The van der Waals surface area contributed by atoms with E-state index < -0.39 is 5.82 Å². The Hall–Kier alpha value is -2.37. The largest absolute Gasteiger partial charge is 0.408 e. The van der Waals surface area contributed by atoms with Crippen molar-refractivity contribution in [3.63, 3.8) is 0 Å². The third kappa shape index (κ3) is 3.36. The molecule has 1 aromatic heterocycles. The zero-order chi connectivity index (χ0) is 16.4. The van der Waals surface area contributed by atoms with E-state index in [1.54, 1.807) is 30.3 Å². The summed E-state index contributed by atoms with van der Waals surface area (Å²) in [5, 5.41) is 4.95. The van der Waals surface area contributed by atoms with Gasteiger partial charge in [0.2, 0.25) is 5.88 Å². The van der Waals surface area contributed by atoms with E-state index in [0.717, 1.165) is 0 Å². The van der Waals surface area contributed by atoms with Crippen molar-refractivity contribution >= 4 is 29.7 Å². The SMILES string of the molecule is O=COc1cc(-c2cc(F)cc(Cl)c2)n(-c2cccc(Cl)c2)n1. The Morgan fingerprint density at radius 3 is 2.61 bits per heavy atom. The first kappa shape index (κ1) is 15.5. The number of nitrogens with zero attached hydrogens (tertiary/aromatic N) is 2. The average Bonchev–Trinajstić information content (AvgIpc) is 2.91. The van der Waals surface area contributed by atoms with Crippen molar-refractivity contribution in [3.05, 3.63) is 64.4 Å². The lowest BCUT2D eigenvalue weighted by molar-refractivity contribution is -0.120. The summed E-state index contributed by atoms with van der Waals surface area (Å²) in [7, 11) is 0. The molecule has 0 saturated heterocycles. The molecule has 1 heterocycles. The van der Waals surface area contributed by atoms with E-state index in [-0.39, 0.29) is 17.4 Å². The lowest BCUT2D eigenvalue weighted by Crippen LogP contribution is -2.00. The van der Waals surface area contributed by atoms with Crippen LogP contribution >= 0.6 is 23.2 Å². The van der Waals surface area contributed by atoms with Gasteiger partial charge in [0.05, 0.1) is 11.4 Å². The van der Waals surface area contributed by atoms with Gasteiger partial charge >= 0.3 is 0 Å². The van der Waals surface area contributed by atoms with Gasteiger partial charge in [-0.3, -0.25) is 4.79 Å². The molecule has 0 aliphatic rings. The lowest BCUT2D eigenvalue weighted by atomic mass is 10.1. The van der Waals surface area contributed by atoms with Gasteiger partial charge in [-0.15, -0.1) is 5.10 Å². The molecule has 116 valence electrons. The molecular formula is C16H9Cl2FN2O2. The van der Waals surface area contributed by atoms with Gasteiger partial charge in [-0.25, -0.2) is 9.07 Å². The molecule has 0 saturated carbocycles. The van der Waals surface area contributed by atoms with Gasteiger partial charge in [0.25, 0.3) is 6.47 Å². The van der Waals surface area contributed by atoms with E-state index in [9.17, 15) is 9.18 Å². The van der Waals surface area contributed by atoms with E-state index in [0.29, 0.717) is 22.0 Å². The lowest BCUT2D eigenvalue weighted by Gasteiger charge is -2.08. The van der Waals surface area contributed by atoms with Crippen LogP contribution in [-0.2, 0) is 4.79 Å². The Morgan fingerprint density at radius 2 is 1.91 bits per heavy atom. The number of carbonyl (C=O) groups excluding carboxylic acids is 1. The van der Waals surface area contributed by atoms with Crippen LogP contribution in [0.25, 0.3) is 16.9 Å². The number of rotatable bonds is 4. The molecule has 0 aliphatic heterocycles. The minimum Gasteiger partial charge on any atom is -0.408 e. The van der Waals surface area contributed by atoms with E-state index in [2.05, 4.69) is 5.10 Å². The highest BCUT2D eigenvalue weighted by atomic mass is 35.5. The highest BCUT2D eigenvalue weighted by Gasteiger charge is 2.14. The first-order chi connectivity index (χ1) is 11.1. The van der Waals surface area contributed by atoms with Crippen molar-refractivity contribution in [2.75, 3.05) is 0 Å². The maximum absolute atomic E-state index is 13.6. The van der Waals surface area contributed by atoms with Gasteiger partial charge in [-0.1, -0.05) is 29.3 Å². The van der Waals surface area contributed by atoms with Crippen LogP contribution in [-0.4, -0.2) is 16.3 Å². The van der Waals surface area contributed by atoms with E-state index in [1.807, 2.05) is 0 Å². The highest BCUT2D eigenvalue weighted by Crippen LogP contribution is 2.30. The summed E-state index contributed by atoms with van der Waals surface area (Å²) in [4.78, 5) is 10.6. The molecule has 0 atom stereocenters. The van der Waals surface area contributed by atoms with Crippen molar-refractivity contribution in [1.82, 2.24) is 9.78 Å². The highest BCUT2D eigenvalue weighted by molar-refractivity contribution is 6.31. The first-order valence-electron chi connectivity index (χ1n) is 6.49. The molecule has 0 fully saturated rings. The summed E-state index contributed by atoms with van der Waals surface area (Å²) in [5.74, 6) is -0.403. The number of hydrogen-bond donors (Lipinski definition) is 0. The zero-order valence-corrected chi connectivity index (χ0v) is 13.1. The Labute approximate surface area is 141 Å². The fraction of sp³-hybridized carbons (Fsp3) is 0. The van der Waals surface area contributed by atoms with Crippen molar-refractivity contribution in [2.45, 2.75) is 0 Å². The number of benzene rings is 2. The van der Waals surface area contributed by atoms with Gasteiger partial charge in [-0.2, -0.15) is 0 Å². The monoisotopic (exact) mass is 350 g/mol. The van der Waals surface area contributed by atoms with Crippen molar-refractivity contribution in [3.8, 4) is 22.8 Å². The molecule has 0 spiro atoms. The third-order valence-electron chi connectivity index (χ3n) is 3.07. The minimum absolute atomic E-state index is 0.0790. The molecule has 23 heavy (non-hydrogen) atoms. The first-order valence-corrected chi connectivity index (χ1v) is 7.25. The normalized spacial score (nSPS) is 10.6. The second kappa shape index (κ2) is 6.40. The second-order valence-corrected chi connectivity index (χ2v) is 5.50. The van der Waals surface area contributed by atoms with Crippen molar-refractivity contribution < 1.29 is 13.9 Å². The second-order valence-electron chi connectivity index (χ2n) is 4.63. The van der Waals surface area contributed by atoms with Gasteiger partial charge in [0.1, 0.15) is 5.82 Å². The summed E-state index contributed by atoms with van der Waals surface area (Å²) >= 11 is 11.9. The van der Waals surface area contributed by atoms with Crippen LogP contribution in [0.4, 0.5) is 4.39 Å². The molecule has 3 rings (SSSR count). The van der Waals surface area contributed by atoms with Gasteiger partial charge in [0.15, 0.2) is 0 Å². The molecule has 7 heteroatoms. The summed E-state index contributed by atoms with van der Waals surface area (Å²) in [6.45, 7) is 0.271. The average molecular weight is 351 g/mol. The summed E-state index contributed by atoms with van der Waals surface area (Å²) in [6.07, 6.45) is 0. The standard InChI is InChI=1S/C16H9Cl2FN2O2/c17-11-2-1-3-14(7-11)21-15(8-16(20-21)23-9-22)10-4-12(18)6-13(19)5-10/h1-9H. The van der Waals surface area contributed by atoms with Crippen molar-refractivity contribution in [1.29, 1.82) is 0 Å². The van der Waals surface area contributed by atoms with Crippen LogP contribution in [0, 0.1) is 5.82 Å². The number of hydrogen-bond acceptors (Lipinski definition) is 3. The maximum Gasteiger partial charge on any atom is 0.299 e. The van der Waals surface area contributed by atoms with E-state index in [1.165, 1.54) is 22.9 Å². The quantitative estimate of drug-likeness (QED) is 0.649. The predicted molar refractivity (Wildman–Crippen MR) is 85.7 cm³/mol. The van der Waals surface area contributed by atoms with Crippen molar-refractivity contribution in [2.24, 2.45) is 0 Å². The Bertz CT molecular complexity index is 860. The predicted octanol–water partition coefficient (Wildman–Crippen LogP) is 4.52. The third-order valence-corrected chi connectivity index (χ3v) is 3.52. The number of ether oxygens (including phenoxy) is 1. The fourth-order valence-electron chi connectivity index (χ4n) is 2.18. The molecule has 0 radical (unpaired) electrons. The summed E-state index contributed by atoms with van der Waals surface area (Å²) in [6, 6.07) is 12.5. The number of halogens is 3. The molecule has 4 nitrogen and oxygen atoms in total.